The molecule has 0 bridgehead atoms. The Labute approximate surface area is 183 Å². The summed E-state index contributed by atoms with van der Waals surface area (Å²) >= 11 is 6.25. The summed E-state index contributed by atoms with van der Waals surface area (Å²) in [6.07, 6.45) is 3.70. The monoisotopic (exact) mass is 450 g/mol. The molecule has 2 aromatic rings. The number of ether oxygens (including phenoxy) is 1. The minimum absolute atomic E-state index is 0.0115. The summed E-state index contributed by atoms with van der Waals surface area (Å²) in [5.41, 5.74) is 1.15. The van der Waals surface area contributed by atoms with Crippen LogP contribution in [0.4, 0.5) is 0 Å². The highest BCUT2D eigenvalue weighted by Crippen LogP contribution is 2.28. The van der Waals surface area contributed by atoms with Crippen molar-refractivity contribution in [3.05, 3.63) is 58.6 Å². The fraction of sp³-hybridized carbons (Fsp3) is 0.409. The molecule has 1 saturated heterocycles. The average molecular weight is 451 g/mol. The SMILES string of the molecule is COc1ccccc1CN(C)C(=O)c1ccc(Cl)c(S(=O)(=O)N2CCCCCC2)c1. The van der Waals surface area contributed by atoms with Crippen LogP contribution in [0, 0.1) is 0 Å². The highest BCUT2D eigenvalue weighted by atomic mass is 35.5. The molecular formula is C22H27ClN2O4S. The van der Waals surface area contributed by atoms with Gasteiger partial charge < -0.3 is 9.64 Å². The van der Waals surface area contributed by atoms with Crippen LogP contribution >= 0.6 is 11.6 Å². The average Bonchev–Trinajstić information content (AvgIpc) is 3.04. The molecule has 3 rings (SSSR count). The molecule has 0 unspecified atom stereocenters. The molecule has 0 spiro atoms. The van der Waals surface area contributed by atoms with Gasteiger partial charge in [0.25, 0.3) is 5.91 Å². The summed E-state index contributed by atoms with van der Waals surface area (Å²) in [6, 6.07) is 11.9. The molecule has 0 radical (unpaired) electrons. The van der Waals surface area contributed by atoms with E-state index in [9.17, 15) is 13.2 Å². The van der Waals surface area contributed by atoms with Crippen molar-refractivity contribution in [3.8, 4) is 5.75 Å². The third-order valence-electron chi connectivity index (χ3n) is 5.31. The minimum atomic E-state index is -3.76. The van der Waals surface area contributed by atoms with Gasteiger partial charge in [0.05, 0.1) is 12.1 Å². The van der Waals surface area contributed by atoms with Crippen LogP contribution in [0.1, 0.15) is 41.6 Å². The lowest BCUT2D eigenvalue weighted by Crippen LogP contribution is -2.32. The standard InChI is InChI=1S/C22H27ClN2O4S/c1-24(16-18-9-5-6-10-20(18)29-2)22(26)17-11-12-19(23)21(15-17)30(27,28)25-13-7-3-4-8-14-25/h5-6,9-12,15H,3-4,7-8,13-14,16H2,1-2H3. The first-order valence-corrected chi connectivity index (χ1v) is 11.8. The summed E-state index contributed by atoms with van der Waals surface area (Å²) in [5, 5.41) is 0.128. The van der Waals surface area contributed by atoms with Gasteiger partial charge >= 0.3 is 0 Å². The highest BCUT2D eigenvalue weighted by molar-refractivity contribution is 7.89. The van der Waals surface area contributed by atoms with Crippen LogP contribution in [0.5, 0.6) is 5.75 Å². The number of amides is 1. The first-order chi connectivity index (χ1) is 14.3. The fourth-order valence-corrected chi connectivity index (χ4v) is 5.65. The van der Waals surface area contributed by atoms with Gasteiger partial charge in [-0.15, -0.1) is 0 Å². The van der Waals surface area contributed by atoms with Crippen LogP contribution in [0.3, 0.4) is 0 Å². The molecule has 0 N–H and O–H groups in total. The van der Waals surface area contributed by atoms with E-state index < -0.39 is 10.0 Å². The summed E-state index contributed by atoms with van der Waals surface area (Å²) in [6.45, 7) is 1.29. The number of rotatable bonds is 6. The smallest absolute Gasteiger partial charge is 0.253 e. The number of nitrogens with zero attached hydrogens (tertiary/aromatic N) is 2. The molecular weight excluding hydrogens is 424 g/mol. The number of para-hydroxylation sites is 1. The highest BCUT2D eigenvalue weighted by Gasteiger charge is 2.28. The fourth-order valence-electron chi connectivity index (χ4n) is 3.64. The van der Waals surface area contributed by atoms with Crippen molar-refractivity contribution in [2.24, 2.45) is 0 Å². The first-order valence-electron chi connectivity index (χ1n) is 10.0. The quantitative estimate of drug-likeness (QED) is 0.662. The third-order valence-corrected chi connectivity index (χ3v) is 7.69. The molecule has 1 fully saturated rings. The Morgan fingerprint density at radius 2 is 1.77 bits per heavy atom. The van der Waals surface area contributed by atoms with Gasteiger partial charge in [-0.25, -0.2) is 8.42 Å². The Bertz CT molecular complexity index is 1000. The van der Waals surface area contributed by atoms with E-state index in [1.807, 2.05) is 24.3 Å². The van der Waals surface area contributed by atoms with Crippen molar-refractivity contribution >= 4 is 27.5 Å². The molecule has 1 aliphatic rings. The number of benzene rings is 2. The molecule has 1 heterocycles. The van der Waals surface area contributed by atoms with E-state index in [1.54, 1.807) is 20.2 Å². The van der Waals surface area contributed by atoms with Gasteiger partial charge in [0, 0.05) is 37.8 Å². The largest absolute Gasteiger partial charge is 0.496 e. The molecule has 0 aromatic heterocycles. The van der Waals surface area contributed by atoms with Gasteiger partial charge in [-0.1, -0.05) is 42.6 Å². The van der Waals surface area contributed by atoms with E-state index in [0.29, 0.717) is 25.4 Å². The van der Waals surface area contributed by atoms with Crippen LogP contribution in [0.25, 0.3) is 0 Å². The zero-order valence-electron chi connectivity index (χ0n) is 17.3. The Morgan fingerprint density at radius 3 is 2.43 bits per heavy atom. The van der Waals surface area contributed by atoms with E-state index in [1.165, 1.54) is 21.3 Å². The van der Waals surface area contributed by atoms with Crippen LogP contribution in [-0.4, -0.2) is 50.8 Å². The zero-order chi connectivity index (χ0) is 21.7. The van der Waals surface area contributed by atoms with Crippen molar-refractivity contribution < 1.29 is 17.9 Å². The van der Waals surface area contributed by atoms with E-state index in [2.05, 4.69) is 0 Å². The molecule has 30 heavy (non-hydrogen) atoms. The van der Waals surface area contributed by atoms with Crippen LogP contribution < -0.4 is 4.74 Å². The van der Waals surface area contributed by atoms with Crippen molar-refractivity contribution in [1.29, 1.82) is 0 Å². The number of carbonyl (C=O) groups excluding carboxylic acids is 1. The number of hydrogen-bond acceptors (Lipinski definition) is 4. The molecule has 0 atom stereocenters. The topological polar surface area (TPSA) is 66.9 Å². The maximum atomic E-state index is 13.2. The molecule has 0 saturated carbocycles. The lowest BCUT2D eigenvalue weighted by molar-refractivity contribution is 0.0784. The van der Waals surface area contributed by atoms with Crippen LogP contribution in [0.15, 0.2) is 47.4 Å². The number of sulfonamides is 1. The maximum Gasteiger partial charge on any atom is 0.253 e. The van der Waals surface area contributed by atoms with E-state index in [0.717, 1.165) is 31.2 Å². The zero-order valence-corrected chi connectivity index (χ0v) is 18.9. The van der Waals surface area contributed by atoms with E-state index >= 15 is 0 Å². The normalized spacial score (nSPS) is 15.4. The van der Waals surface area contributed by atoms with Crippen LogP contribution in [-0.2, 0) is 16.6 Å². The third kappa shape index (κ3) is 4.96. The Kier molecular flexibility index (Phi) is 7.39. The van der Waals surface area contributed by atoms with Gasteiger partial charge in [-0.2, -0.15) is 4.31 Å². The molecule has 1 aliphatic heterocycles. The second-order valence-electron chi connectivity index (χ2n) is 7.44. The predicted octanol–water partition coefficient (Wildman–Crippen LogP) is 4.19. The molecule has 6 nitrogen and oxygen atoms in total. The van der Waals surface area contributed by atoms with Crippen molar-refractivity contribution in [3.63, 3.8) is 0 Å². The van der Waals surface area contributed by atoms with Crippen molar-refractivity contribution in [2.45, 2.75) is 37.1 Å². The molecule has 2 aromatic carbocycles. The second kappa shape index (κ2) is 9.81. The van der Waals surface area contributed by atoms with Gasteiger partial charge in [-0.05, 0) is 37.1 Å². The summed E-state index contributed by atoms with van der Waals surface area (Å²) in [5.74, 6) is 0.405. The van der Waals surface area contributed by atoms with Gasteiger partial charge in [0.1, 0.15) is 10.6 Å². The number of carbonyl (C=O) groups is 1. The molecule has 162 valence electrons. The van der Waals surface area contributed by atoms with Crippen molar-refractivity contribution in [1.82, 2.24) is 9.21 Å². The molecule has 1 amide bonds. The minimum Gasteiger partial charge on any atom is -0.496 e. The number of methoxy groups -OCH3 is 1. The Balaban J connectivity index is 1.85. The summed E-state index contributed by atoms with van der Waals surface area (Å²) < 4.78 is 33.2. The second-order valence-corrected chi connectivity index (χ2v) is 9.75. The van der Waals surface area contributed by atoms with Crippen molar-refractivity contribution in [2.75, 3.05) is 27.2 Å². The van der Waals surface area contributed by atoms with Gasteiger partial charge in [-0.3, -0.25) is 4.79 Å². The van der Waals surface area contributed by atoms with Crippen LogP contribution in [0.2, 0.25) is 5.02 Å². The van der Waals surface area contributed by atoms with E-state index in [4.69, 9.17) is 16.3 Å². The predicted molar refractivity (Wildman–Crippen MR) is 117 cm³/mol. The summed E-state index contributed by atoms with van der Waals surface area (Å²) in [4.78, 5) is 14.5. The number of hydrogen-bond donors (Lipinski definition) is 0. The number of halogens is 1. The lowest BCUT2D eigenvalue weighted by Gasteiger charge is -2.22. The maximum absolute atomic E-state index is 13.2. The van der Waals surface area contributed by atoms with Gasteiger partial charge in [0.15, 0.2) is 0 Å². The Hall–Kier alpha value is -2.09. The lowest BCUT2D eigenvalue weighted by atomic mass is 10.1. The molecule has 8 heteroatoms. The summed E-state index contributed by atoms with van der Waals surface area (Å²) in [7, 11) is -0.501. The first kappa shape index (κ1) is 22.6. The van der Waals surface area contributed by atoms with E-state index in [-0.39, 0.29) is 21.4 Å². The molecule has 0 aliphatic carbocycles. The van der Waals surface area contributed by atoms with Gasteiger partial charge in [0.2, 0.25) is 10.0 Å². The Morgan fingerprint density at radius 1 is 1.10 bits per heavy atom.